The van der Waals surface area contributed by atoms with Gasteiger partial charge in [0.2, 0.25) is 0 Å². The van der Waals surface area contributed by atoms with Crippen molar-refractivity contribution in [3.63, 3.8) is 0 Å². The van der Waals surface area contributed by atoms with Crippen LogP contribution in [0.2, 0.25) is 0 Å². The summed E-state index contributed by atoms with van der Waals surface area (Å²) in [6, 6.07) is 10.4. The molecule has 0 radical (unpaired) electrons. The Bertz CT molecular complexity index is 880. The molecule has 1 aliphatic heterocycles. The van der Waals surface area contributed by atoms with Crippen molar-refractivity contribution in [1.29, 1.82) is 0 Å². The fourth-order valence-corrected chi connectivity index (χ4v) is 2.56. The first-order chi connectivity index (χ1) is 11.9. The van der Waals surface area contributed by atoms with Crippen LogP contribution in [0.25, 0.3) is 0 Å². The quantitative estimate of drug-likeness (QED) is 0.683. The number of hydrogen-bond donors (Lipinski definition) is 1. The Balaban J connectivity index is 1.83. The van der Waals surface area contributed by atoms with E-state index >= 15 is 0 Å². The second kappa shape index (κ2) is 6.23. The van der Waals surface area contributed by atoms with Crippen molar-refractivity contribution in [3.8, 4) is 5.75 Å². The summed E-state index contributed by atoms with van der Waals surface area (Å²) in [7, 11) is 1.65. The summed E-state index contributed by atoms with van der Waals surface area (Å²) in [6.45, 7) is 1.65. The van der Waals surface area contributed by atoms with Gasteiger partial charge in [-0.05, 0) is 25.1 Å². The molecule has 2 aromatic carbocycles. The van der Waals surface area contributed by atoms with Crippen LogP contribution in [0.1, 0.15) is 17.3 Å². The molecule has 0 fully saturated rings. The lowest BCUT2D eigenvalue weighted by molar-refractivity contribution is -0.384. The van der Waals surface area contributed by atoms with Crippen molar-refractivity contribution in [2.24, 2.45) is 0 Å². The minimum Gasteiger partial charge on any atom is -0.479 e. The van der Waals surface area contributed by atoms with Crippen LogP contribution in [0.15, 0.2) is 42.5 Å². The molecule has 1 N–H and O–H groups in total. The molecule has 2 aromatic rings. The monoisotopic (exact) mass is 341 g/mol. The van der Waals surface area contributed by atoms with Crippen LogP contribution in [0.3, 0.4) is 0 Å². The highest BCUT2D eigenvalue weighted by atomic mass is 16.6. The average Bonchev–Trinajstić information content (AvgIpc) is 2.59. The number of rotatable bonds is 3. The number of nitrogens with zero attached hydrogens (tertiary/aromatic N) is 2. The van der Waals surface area contributed by atoms with E-state index in [9.17, 15) is 19.7 Å². The summed E-state index contributed by atoms with van der Waals surface area (Å²) in [5, 5.41) is 13.5. The highest BCUT2D eigenvalue weighted by Gasteiger charge is 2.29. The SMILES string of the molecule is CC1Oc2cc(NC(=O)c3cccc([N+](=O)[O-])c3)ccc2N(C)C1=O. The molecular formula is C17H15N3O5. The Morgan fingerprint density at radius 1 is 1.28 bits per heavy atom. The molecule has 8 heteroatoms. The third kappa shape index (κ3) is 3.14. The van der Waals surface area contributed by atoms with Gasteiger partial charge in [-0.25, -0.2) is 0 Å². The number of nitro benzene ring substituents is 1. The number of amides is 2. The van der Waals surface area contributed by atoms with Gasteiger partial charge in [0.1, 0.15) is 5.75 Å². The normalized spacial score (nSPS) is 16.0. The Morgan fingerprint density at radius 3 is 2.76 bits per heavy atom. The number of ether oxygens (including phenoxy) is 1. The van der Waals surface area contributed by atoms with E-state index in [4.69, 9.17) is 4.74 Å². The number of nitrogens with one attached hydrogen (secondary N) is 1. The Morgan fingerprint density at radius 2 is 2.04 bits per heavy atom. The van der Waals surface area contributed by atoms with Gasteiger partial charge in [-0.15, -0.1) is 0 Å². The third-order valence-corrected chi connectivity index (χ3v) is 3.88. The maximum absolute atomic E-state index is 12.3. The molecule has 3 rings (SSSR count). The number of benzene rings is 2. The minimum absolute atomic E-state index is 0.152. The Hall–Kier alpha value is -3.42. The molecule has 1 heterocycles. The first kappa shape index (κ1) is 16.4. The van der Waals surface area contributed by atoms with Crippen molar-refractivity contribution in [2.45, 2.75) is 13.0 Å². The highest BCUT2D eigenvalue weighted by Crippen LogP contribution is 2.35. The number of likely N-dealkylation sites (N-methyl/N-ethyl adjacent to an activating group) is 1. The number of nitro groups is 1. The summed E-state index contributed by atoms with van der Waals surface area (Å²) in [5.74, 6) is -0.149. The fraction of sp³-hybridized carbons (Fsp3) is 0.176. The van der Waals surface area contributed by atoms with Crippen LogP contribution in [0.5, 0.6) is 5.75 Å². The van der Waals surface area contributed by atoms with E-state index in [1.165, 1.54) is 29.2 Å². The second-order valence-electron chi connectivity index (χ2n) is 5.60. The standard InChI is InChI=1S/C17H15N3O5/c1-10-17(22)19(2)14-7-6-12(9-15(14)25-10)18-16(21)11-4-3-5-13(8-11)20(23)24/h3-10H,1-2H3,(H,18,21). The molecule has 8 nitrogen and oxygen atoms in total. The van der Waals surface area contributed by atoms with E-state index in [0.717, 1.165) is 0 Å². The molecule has 2 amide bonds. The van der Waals surface area contributed by atoms with Gasteiger partial charge in [-0.2, -0.15) is 0 Å². The lowest BCUT2D eigenvalue weighted by Crippen LogP contribution is -2.41. The average molecular weight is 341 g/mol. The van der Waals surface area contributed by atoms with Crippen LogP contribution in [-0.2, 0) is 4.79 Å². The molecule has 128 valence electrons. The molecule has 0 spiro atoms. The molecule has 0 aliphatic carbocycles. The molecule has 1 unspecified atom stereocenters. The summed E-state index contributed by atoms with van der Waals surface area (Å²) >= 11 is 0. The van der Waals surface area contributed by atoms with Gasteiger partial charge in [0.15, 0.2) is 6.10 Å². The van der Waals surface area contributed by atoms with Crippen molar-refractivity contribution >= 4 is 28.9 Å². The van der Waals surface area contributed by atoms with Crippen LogP contribution in [-0.4, -0.2) is 29.9 Å². The lowest BCUT2D eigenvalue weighted by Gasteiger charge is -2.30. The predicted molar refractivity (Wildman–Crippen MR) is 91.0 cm³/mol. The van der Waals surface area contributed by atoms with E-state index in [-0.39, 0.29) is 17.2 Å². The van der Waals surface area contributed by atoms with Crippen molar-refractivity contribution in [1.82, 2.24) is 0 Å². The van der Waals surface area contributed by atoms with E-state index < -0.39 is 16.9 Å². The molecule has 0 saturated heterocycles. The van der Waals surface area contributed by atoms with Gasteiger partial charge in [0.05, 0.1) is 10.6 Å². The largest absolute Gasteiger partial charge is 0.479 e. The van der Waals surface area contributed by atoms with Gasteiger partial charge in [-0.1, -0.05) is 6.07 Å². The number of fused-ring (bicyclic) bond motifs is 1. The predicted octanol–water partition coefficient (Wildman–Crippen LogP) is 2.59. The zero-order valence-electron chi connectivity index (χ0n) is 13.6. The Labute approximate surface area is 143 Å². The summed E-state index contributed by atoms with van der Waals surface area (Å²) < 4.78 is 5.56. The molecular weight excluding hydrogens is 326 g/mol. The topological polar surface area (TPSA) is 102 Å². The minimum atomic E-state index is -0.611. The van der Waals surface area contributed by atoms with Gasteiger partial charge in [0.25, 0.3) is 17.5 Å². The number of carbonyl (C=O) groups is 2. The summed E-state index contributed by atoms with van der Waals surface area (Å²) in [4.78, 5) is 35.9. The van der Waals surface area contributed by atoms with Gasteiger partial charge in [0, 0.05) is 36.5 Å². The number of carbonyl (C=O) groups excluding carboxylic acids is 2. The zero-order valence-corrected chi connectivity index (χ0v) is 13.6. The van der Waals surface area contributed by atoms with Gasteiger partial charge in [-0.3, -0.25) is 19.7 Å². The molecule has 0 saturated carbocycles. The number of hydrogen-bond acceptors (Lipinski definition) is 5. The fourth-order valence-electron chi connectivity index (χ4n) is 2.56. The number of anilines is 2. The lowest BCUT2D eigenvalue weighted by atomic mass is 10.1. The van der Waals surface area contributed by atoms with Gasteiger partial charge < -0.3 is 15.0 Å². The zero-order chi connectivity index (χ0) is 18.1. The van der Waals surface area contributed by atoms with Crippen LogP contribution < -0.4 is 15.0 Å². The highest BCUT2D eigenvalue weighted by molar-refractivity contribution is 6.05. The Kier molecular flexibility index (Phi) is 4.10. The maximum atomic E-state index is 12.3. The molecule has 1 aliphatic rings. The second-order valence-corrected chi connectivity index (χ2v) is 5.60. The molecule has 0 aromatic heterocycles. The molecule has 0 bridgehead atoms. The first-order valence-electron chi connectivity index (χ1n) is 7.51. The third-order valence-electron chi connectivity index (χ3n) is 3.88. The maximum Gasteiger partial charge on any atom is 0.270 e. The van der Waals surface area contributed by atoms with Gasteiger partial charge >= 0.3 is 0 Å². The smallest absolute Gasteiger partial charge is 0.270 e. The van der Waals surface area contributed by atoms with Crippen LogP contribution in [0.4, 0.5) is 17.1 Å². The molecule has 25 heavy (non-hydrogen) atoms. The van der Waals surface area contributed by atoms with Crippen molar-refractivity contribution in [3.05, 3.63) is 58.1 Å². The van der Waals surface area contributed by atoms with E-state index in [2.05, 4.69) is 5.32 Å². The van der Waals surface area contributed by atoms with Crippen molar-refractivity contribution in [2.75, 3.05) is 17.3 Å². The number of non-ortho nitro benzene ring substituents is 1. The van der Waals surface area contributed by atoms with Crippen LogP contribution >= 0.6 is 0 Å². The van der Waals surface area contributed by atoms with E-state index in [0.29, 0.717) is 17.1 Å². The summed E-state index contributed by atoms with van der Waals surface area (Å²) in [5.41, 5.74) is 1.09. The van der Waals surface area contributed by atoms with Crippen LogP contribution in [0, 0.1) is 10.1 Å². The first-order valence-corrected chi connectivity index (χ1v) is 7.51. The van der Waals surface area contributed by atoms with Crippen molar-refractivity contribution < 1.29 is 19.2 Å². The summed E-state index contributed by atoms with van der Waals surface area (Å²) in [6.07, 6.45) is -0.611. The van der Waals surface area contributed by atoms with E-state index in [1.54, 1.807) is 32.2 Å². The molecule has 1 atom stereocenters. The van der Waals surface area contributed by atoms with E-state index in [1.807, 2.05) is 0 Å².